The summed E-state index contributed by atoms with van der Waals surface area (Å²) in [7, 11) is -0.971. The van der Waals surface area contributed by atoms with Gasteiger partial charge in [0.25, 0.3) is 0 Å². The highest BCUT2D eigenvalue weighted by atomic mass is 28.3. The molecular formula is C23H22Si. The first-order chi connectivity index (χ1) is 11.7. The maximum absolute atomic E-state index is 2.53. The molecule has 0 amide bonds. The van der Waals surface area contributed by atoms with Crippen LogP contribution in [0.1, 0.15) is 36.1 Å². The van der Waals surface area contributed by atoms with E-state index in [0.717, 1.165) is 5.54 Å². The van der Waals surface area contributed by atoms with Crippen LogP contribution < -0.4 is 5.19 Å². The van der Waals surface area contributed by atoms with E-state index >= 15 is 0 Å². The van der Waals surface area contributed by atoms with E-state index in [0.29, 0.717) is 0 Å². The van der Waals surface area contributed by atoms with Crippen LogP contribution in [0.15, 0.2) is 54.1 Å². The molecular weight excluding hydrogens is 304 g/mol. The fraction of sp³-hybridized carbons (Fsp3) is 0.217. The van der Waals surface area contributed by atoms with Crippen LogP contribution in [0.25, 0.3) is 28.0 Å². The number of allylic oxidation sites excluding steroid dienone is 1. The minimum Gasteiger partial charge on any atom is -0.0678 e. The standard InChI is InChI=1S/C23H22Si/c1-4-24-20-13-14(2)19-12-15(3)23(24)22(19)21(20)18-11-7-9-16-8-5-6-10-17(16)18/h5-13,23-24H,4H2,1-3H3. The van der Waals surface area contributed by atoms with E-state index in [1.165, 1.54) is 33.5 Å². The Kier molecular flexibility index (Phi) is 2.93. The lowest BCUT2D eigenvalue weighted by Crippen LogP contribution is -2.31. The Morgan fingerprint density at radius 3 is 2.62 bits per heavy atom. The summed E-state index contributed by atoms with van der Waals surface area (Å²) in [6.07, 6.45) is 2.47. The van der Waals surface area contributed by atoms with Crippen molar-refractivity contribution in [3.8, 4) is 11.1 Å². The molecule has 1 heteroatoms. The Hall–Kier alpha value is -2.12. The Bertz CT molecular complexity index is 1020. The van der Waals surface area contributed by atoms with Gasteiger partial charge in [0.2, 0.25) is 0 Å². The highest BCUT2D eigenvalue weighted by Gasteiger charge is 2.42. The van der Waals surface area contributed by atoms with Gasteiger partial charge in [-0.3, -0.25) is 0 Å². The molecule has 118 valence electrons. The van der Waals surface area contributed by atoms with Gasteiger partial charge in [-0.1, -0.05) is 78.3 Å². The van der Waals surface area contributed by atoms with Gasteiger partial charge < -0.3 is 0 Å². The normalized spacial score (nSPS) is 20.7. The van der Waals surface area contributed by atoms with Crippen molar-refractivity contribution < 1.29 is 0 Å². The van der Waals surface area contributed by atoms with Gasteiger partial charge in [-0.25, -0.2) is 0 Å². The zero-order chi connectivity index (χ0) is 16.4. The third-order valence-electron chi connectivity index (χ3n) is 6.12. The molecule has 0 saturated heterocycles. The van der Waals surface area contributed by atoms with Crippen molar-refractivity contribution in [2.75, 3.05) is 0 Å². The monoisotopic (exact) mass is 326 g/mol. The molecule has 0 nitrogen and oxygen atoms in total. The number of hydrogen-bond donors (Lipinski definition) is 0. The zero-order valence-corrected chi connectivity index (χ0v) is 15.7. The topological polar surface area (TPSA) is 0 Å². The molecule has 1 aliphatic carbocycles. The molecule has 2 aliphatic rings. The van der Waals surface area contributed by atoms with Crippen LogP contribution in [0, 0.1) is 6.92 Å². The Morgan fingerprint density at radius 2 is 1.79 bits per heavy atom. The van der Waals surface area contributed by atoms with E-state index in [1.807, 2.05) is 0 Å². The summed E-state index contributed by atoms with van der Waals surface area (Å²) in [6.45, 7) is 7.06. The molecule has 0 N–H and O–H groups in total. The molecule has 0 radical (unpaired) electrons. The minimum absolute atomic E-state index is 0.739. The van der Waals surface area contributed by atoms with Gasteiger partial charge >= 0.3 is 0 Å². The second-order valence-electron chi connectivity index (χ2n) is 7.39. The largest absolute Gasteiger partial charge is 0.0834 e. The van der Waals surface area contributed by atoms with Crippen LogP contribution in [0.5, 0.6) is 0 Å². The summed E-state index contributed by atoms with van der Waals surface area (Å²) >= 11 is 0. The summed E-state index contributed by atoms with van der Waals surface area (Å²) in [5, 5.41) is 4.47. The molecule has 3 aromatic rings. The number of fused-ring (bicyclic) bond motifs is 2. The van der Waals surface area contributed by atoms with Crippen molar-refractivity contribution in [1.82, 2.24) is 0 Å². The van der Waals surface area contributed by atoms with Gasteiger partial charge in [0.15, 0.2) is 0 Å². The average molecular weight is 327 g/mol. The molecule has 0 saturated carbocycles. The van der Waals surface area contributed by atoms with Gasteiger partial charge in [0.1, 0.15) is 0 Å². The van der Waals surface area contributed by atoms with Gasteiger partial charge in [0, 0.05) is 5.54 Å². The van der Waals surface area contributed by atoms with E-state index < -0.39 is 8.80 Å². The van der Waals surface area contributed by atoms with Crippen molar-refractivity contribution >= 4 is 30.8 Å². The second-order valence-corrected chi connectivity index (χ2v) is 10.7. The van der Waals surface area contributed by atoms with E-state index in [9.17, 15) is 0 Å². The lowest BCUT2D eigenvalue weighted by atomic mass is 9.90. The summed E-state index contributed by atoms with van der Waals surface area (Å²) in [5.74, 6) is 0. The molecule has 0 aromatic heterocycles. The smallest absolute Gasteiger partial charge is 0.0678 e. The van der Waals surface area contributed by atoms with Crippen molar-refractivity contribution in [3.63, 3.8) is 0 Å². The molecule has 2 unspecified atom stereocenters. The molecule has 3 aromatic carbocycles. The highest BCUT2D eigenvalue weighted by molar-refractivity contribution is 6.79. The summed E-state index contributed by atoms with van der Waals surface area (Å²) in [6, 6.07) is 19.5. The molecule has 1 heterocycles. The molecule has 0 fully saturated rings. The van der Waals surface area contributed by atoms with E-state index in [2.05, 4.69) is 75.4 Å². The molecule has 1 aliphatic heterocycles. The Labute approximate surface area is 145 Å². The zero-order valence-electron chi connectivity index (χ0n) is 14.6. The summed E-state index contributed by atoms with van der Waals surface area (Å²) in [5.41, 5.74) is 10.1. The van der Waals surface area contributed by atoms with Crippen LogP contribution in [0.3, 0.4) is 0 Å². The maximum Gasteiger partial charge on any atom is 0.0834 e. The van der Waals surface area contributed by atoms with E-state index in [1.54, 1.807) is 21.9 Å². The van der Waals surface area contributed by atoms with Gasteiger partial charge in [-0.2, -0.15) is 0 Å². The molecule has 2 bridgehead atoms. The van der Waals surface area contributed by atoms with Crippen LogP contribution in [0.2, 0.25) is 6.04 Å². The third kappa shape index (κ3) is 1.68. The van der Waals surface area contributed by atoms with Gasteiger partial charge in [-0.15, -0.1) is 0 Å². The van der Waals surface area contributed by atoms with E-state index in [-0.39, 0.29) is 0 Å². The van der Waals surface area contributed by atoms with Crippen molar-refractivity contribution in [3.05, 3.63) is 70.8 Å². The molecule has 5 rings (SSSR count). The third-order valence-corrected chi connectivity index (χ3v) is 9.92. The van der Waals surface area contributed by atoms with Crippen molar-refractivity contribution in [1.29, 1.82) is 0 Å². The predicted molar refractivity (Wildman–Crippen MR) is 108 cm³/mol. The predicted octanol–water partition coefficient (Wildman–Crippen LogP) is 5.32. The average Bonchev–Trinajstić information content (AvgIpc) is 3.06. The first-order valence-corrected chi connectivity index (χ1v) is 11.1. The first kappa shape index (κ1) is 14.2. The lowest BCUT2D eigenvalue weighted by molar-refractivity contribution is 1.11. The number of benzene rings is 3. The second kappa shape index (κ2) is 4.94. The van der Waals surface area contributed by atoms with Crippen molar-refractivity contribution in [2.24, 2.45) is 0 Å². The molecule has 2 atom stereocenters. The Morgan fingerprint density at radius 1 is 1.00 bits per heavy atom. The highest BCUT2D eigenvalue weighted by Crippen LogP contribution is 2.50. The minimum atomic E-state index is -0.971. The quantitative estimate of drug-likeness (QED) is 0.559. The fourth-order valence-corrected chi connectivity index (χ4v) is 9.03. The SMILES string of the molecule is CC[SiH]1c2cc(C)c3c(c2-c2cccc4ccccc24)C1C(C)=C3. The van der Waals surface area contributed by atoms with Crippen LogP contribution in [0.4, 0.5) is 0 Å². The van der Waals surface area contributed by atoms with Crippen LogP contribution in [-0.2, 0) is 0 Å². The number of aryl methyl sites for hydroxylation is 1. The van der Waals surface area contributed by atoms with Crippen LogP contribution in [-0.4, -0.2) is 8.80 Å². The molecule has 0 spiro atoms. The fourth-order valence-electron chi connectivity index (χ4n) is 5.14. The van der Waals surface area contributed by atoms with Crippen molar-refractivity contribution in [2.45, 2.75) is 32.4 Å². The first-order valence-electron chi connectivity index (χ1n) is 9.04. The maximum atomic E-state index is 2.53. The van der Waals surface area contributed by atoms with Gasteiger partial charge in [-0.05, 0) is 52.4 Å². The number of hydrogen-bond acceptors (Lipinski definition) is 0. The van der Waals surface area contributed by atoms with Crippen LogP contribution >= 0.6 is 0 Å². The van der Waals surface area contributed by atoms with E-state index in [4.69, 9.17) is 0 Å². The summed E-state index contributed by atoms with van der Waals surface area (Å²) < 4.78 is 0. The number of rotatable bonds is 2. The summed E-state index contributed by atoms with van der Waals surface area (Å²) in [4.78, 5) is 0. The Balaban J connectivity index is 1.89. The lowest BCUT2D eigenvalue weighted by Gasteiger charge is -2.16. The van der Waals surface area contributed by atoms with Gasteiger partial charge in [0.05, 0.1) is 8.80 Å². The molecule has 24 heavy (non-hydrogen) atoms.